The van der Waals surface area contributed by atoms with E-state index in [0.717, 1.165) is 12.8 Å². The van der Waals surface area contributed by atoms with Crippen LogP contribution < -0.4 is 0 Å². The second kappa shape index (κ2) is 3.55. The molecule has 0 aliphatic heterocycles. The number of hydrogen-bond acceptors (Lipinski definition) is 3. The van der Waals surface area contributed by atoms with Crippen molar-refractivity contribution in [1.29, 1.82) is 0 Å². The third-order valence-electron chi connectivity index (χ3n) is 2.53. The molecule has 1 fully saturated rings. The minimum Gasteiger partial charge on any atom is -0.268 e. The highest BCUT2D eigenvalue weighted by atomic mass is 35.7. The molecule has 1 saturated carbocycles. The molecule has 0 radical (unpaired) electrons. The summed E-state index contributed by atoms with van der Waals surface area (Å²) in [6.45, 7) is 0. The molecule has 0 N–H and O–H groups in total. The molecule has 1 aromatic rings. The Morgan fingerprint density at radius 3 is 2.57 bits per heavy atom. The van der Waals surface area contributed by atoms with E-state index in [1.807, 2.05) is 0 Å². The van der Waals surface area contributed by atoms with Gasteiger partial charge in [-0.05, 0) is 18.9 Å². The van der Waals surface area contributed by atoms with Crippen LogP contribution in [0.15, 0.2) is 17.3 Å². The molecule has 0 saturated heterocycles. The summed E-state index contributed by atoms with van der Waals surface area (Å²) in [6, 6.07) is 1.79. The minimum absolute atomic E-state index is 0.0499. The zero-order valence-corrected chi connectivity index (χ0v) is 9.13. The SMILES string of the molecule is O=S(=O)(Cl)c1ccn(C2CCCC2)n1. The van der Waals surface area contributed by atoms with Gasteiger partial charge in [-0.25, -0.2) is 8.42 Å². The lowest BCUT2D eigenvalue weighted by Gasteiger charge is -2.08. The van der Waals surface area contributed by atoms with Crippen molar-refractivity contribution in [3.05, 3.63) is 12.3 Å². The van der Waals surface area contributed by atoms with E-state index in [1.165, 1.54) is 18.9 Å². The molecule has 0 atom stereocenters. The molecule has 0 spiro atoms. The van der Waals surface area contributed by atoms with Gasteiger partial charge < -0.3 is 0 Å². The molecule has 14 heavy (non-hydrogen) atoms. The number of halogens is 1. The Bertz CT molecular complexity index is 420. The van der Waals surface area contributed by atoms with Gasteiger partial charge in [0.1, 0.15) is 0 Å². The van der Waals surface area contributed by atoms with Crippen LogP contribution in [0.1, 0.15) is 31.7 Å². The van der Waals surface area contributed by atoms with Gasteiger partial charge in [0, 0.05) is 16.9 Å². The van der Waals surface area contributed by atoms with Gasteiger partial charge in [-0.2, -0.15) is 5.10 Å². The summed E-state index contributed by atoms with van der Waals surface area (Å²) >= 11 is 0. The number of nitrogens with zero attached hydrogens (tertiary/aromatic N) is 2. The summed E-state index contributed by atoms with van der Waals surface area (Å²) in [5.41, 5.74) is 0. The van der Waals surface area contributed by atoms with E-state index in [-0.39, 0.29) is 5.03 Å². The molecule has 78 valence electrons. The van der Waals surface area contributed by atoms with E-state index in [0.29, 0.717) is 6.04 Å². The van der Waals surface area contributed by atoms with Crippen LogP contribution in [0.25, 0.3) is 0 Å². The third-order valence-corrected chi connectivity index (χ3v) is 3.72. The first-order valence-corrected chi connectivity index (χ1v) is 6.88. The molecule has 1 heterocycles. The van der Waals surface area contributed by atoms with Gasteiger partial charge in [0.25, 0.3) is 9.05 Å². The van der Waals surface area contributed by atoms with Crippen LogP contribution in [0.5, 0.6) is 0 Å². The minimum atomic E-state index is -3.67. The molecule has 6 heteroatoms. The largest absolute Gasteiger partial charge is 0.280 e. The highest BCUT2D eigenvalue weighted by Gasteiger charge is 2.20. The first-order chi connectivity index (χ1) is 6.57. The third kappa shape index (κ3) is 1.93. The van der Waals surface area contributed by atoms with Crippen LogP contribution >= 0.6 is 10.7 Å². The van der Waals surface area contributed by atoms with E-state index in [9.17, 15) is 8.42 Å². The fourth-order valence-corrected chi connectivity index (χ4v) is 2.48. The van der Waals surface area contributed by atoms with Crippen molar-refractivity contribution in [2.75, 3.05) is 0 Å². The lowest BCUT2D eigenvalue weighted by atomic mass is 10.3. The van der Waals surface area contributed by atoms with Gasteiger partial charge in [-0.1, -0.05) is 12.8 Å². The molecule has 4 nitrogen and oxygen atoms in total. The van der Waals surface area contributed by atoms with E-state index in [1.54, 1.807) is 10.9 Å². The van der Waals surface area contributed by atoms with Crippen LogP contribution in [0, 0.1) is 0 Å². The van der Waals surface area contributed by atoms with Crippen LogP contribution in [-0.4, -0.2) is 18.2 Å². The van der Waals surface area contributed by atoms with Crippen molar-refractivity contribution in [3.8, 4) is 0 Å². The molecule has 0 aromatic carbocycles. The Balaban J connectivity index is 2.25. The Hall–Kier alpha value is -0.550. The molecular weight excluding hydrogens is 224 g/mol. The monoisotopic (exact) mass is 234 g/mol. The predicted octanol–water partition coefficient (Wildman–Crippen LogP) is 1.93. The highest BCUT2D eigenvalue weighted by molar-refractivity contribution is 8.13. The summed E-state index contributed by atoms with van der Waals surface area (Å²) in [5, 5.41) is 3.91. The second-order valence-electron chi connectivity index (χ2n) is 3.51. The van der Waals surface area contributed by atoms with Crippen molar-refractivity contribution >= 4 is 19.7 Å². The van der Waals surface area contributed by atoms with Crippen molar-refractivity contribution in [2.45, 2.75) is 36.8 Å². The standard InChI is InChI=1S/C8H11ClN2O2S/c9-14(12,13)8-5-6-11(10-8)7-3-1-2-4-7/h5-7H,1-4H2. The summed E-state index contributed by atoms with van der Waals surface area (Å²) in [4.78, 5) is 0. The van der Waals surface area contributed by atoms with Crippen LogP contribution in [0.3, 0.4) is 0 Å². The molecule has 0 amide bonds. The predicted molar refractivity (Wildman–Crippen MR) is 52.8 cm³/mol. The van der Waals surface area contributed by atoms with Crippen LogP contribution in [0.2, 0.25) is 0 Å². The average molecular weight is 235 g/mol. The average Bonchev–Trinajstić information content (AvgIpc) is 2.73. The van der Waals surface area contributed by atoms with Crippen molar-refractivity contribution < 1.29 is 8.42 Å². The van der Waals surface area contributed by atoms with Crippen molar-refractivity contribution in [3.63, 3.8) is 0 Å². The maximum atomic E-state index is 11.0. The van der Waals surface area contributed by atoms with Crippen LogP contribution in [-0.2, 0) is 9.05 Å². The van der Waals surface area contributed by atoms with Crippen LogP contribution in [0.4, 0.5) is 0 Å². The first kappa shape index (κ1) is 9.98. The summed E-state index contributed by atoms with van der Waals surface area (Å²) in [7, 11) is 1.50. The number of rotatable bonds is 2. The Kier molecular flexibility index (Phi) is 2.53. The molecule has 0 bridgehead atoms. The van der Waals surface area contributed by atoms with Gasteiger partial charge in [-0.15, -0.1) is 0 Å². The molecule has 1 aromatic heterocycles. The van der Waals surface area contributed by atoms with Crippen molar-refractivity contribution in [1.82, 2.24) is 9.78 Å². The maximum Gasteiger partial charge on any atom is 0.280 e. The quantitative estimate of drug-likeness (QED) is 0.735. The molecule has 1 aliphatic rings. The summed E-state index contributed by atoms with van der Waals surface area (Å²) in [5.74, 6) is 0. The van der Waals surface area contributed by atoms with E-state index in [2.05, 4.69) is 5.10 Å². The zero-order chi connectivity index (χ0) is 10.2. The normalized spacial score (nSPS) is 18.9. The van der Waals surface area contributed by atoms with E-state index < -0.39 is 9.05 Å². The van der Waals surface area contributed by atoms with E-state index >= 15 is 0 Å². The second-order valence-corrected chi connectivity index (χ2v) is 6.02. The summed E-state index contributed by atoms with van der Waals surface area (Å²) < 4.78 is 23.6. The Labute approximate surface area is 87.3 Å². The lowest BCUT2D eigenvalue weighted by Crippen LogP contribution is -2.06. The Morgan fingerprint density at radius 1 is 1.43 bits per heavy atom. The van der Waals surface area contributed by atoms with Gasteiger partial charge in [-0.3, -0.25) is 4.68 Å². The fraction of sp³-hybridized carbons (Fsp3) is 0.625. The van der Waals surface area contributed by atoms with Gasteiger partial charge in [0.15, 0.2) is 5.03 Å². The Morgan fingerprint density at radius 2 is 2.07 bits per heavy atom. The lowest BCUT2D eigenvalue weighted by molar-refractivity contribution is 0.457. The zero-order valence-electron chi connectivity index (χ0n) is 7.56. The highest BCUT2D eigenvalue weighted by Crippen LogP contribution is 2.29. The molecule has 0 unspecified atom stereocenters. The molecular formula is C8H11ClN2O2S. The molecule has 2 rings (SSSR count). The van der Waals surface area contributed by atoms with Gasteiger partial charge in [0.2, 0.25) is 0 Å². The number of hydrogen-bond donors (Lipinski definition) is 0. The smallest absolute Gasteiger partial charge is 0.268 e. The van der Waals surface area contributed by atoms with E-state index in [4.69, 9.17) is 10.7 Å². The first-order valence-electron chi connectivity index (χ1n) is 4.57. The van der Waals surface area contributed by atoms with Crippen molar-refractivity contribution in [2.24, 2.45) is 0 Å². The number of aromatic nitrogens is 2. The molecule has 1 aliphatic carbocycles. The summed E-state index contributed by atoms with van der Waals surface area (Å²) in [6.07, 6.45) is 6.21. The van der Waals surface area contributed by atoms with Gasteiger partial charge in [0.05, 0.1) is 6.04 Å². The fourth-order valence-electron chi connectivity index (χ4n) is 1.82. The van der Waals surface area contributed by atoms with Gasteiger partial charge >= 0.3 is 0 Å². The topological polar surface area (TPSA) is 52.0 Å². The maximum absolute atomic E-state index is 11.0.